The standard InChI is InChI=1S/C43H29N3O/c1-3-11-28(12-4-1)29-21-23-31(24-22-29)42-44-41(30-13-5-2-6-14-30)45-43(46-42)35-18-9-17-34(25-35)36-19-10-20-37-38-26-32-15-7-8-16-33(32)27-39(38)47-40(36)37/h1-27,41H,(H,44,45,46). The lowest BCUT2D eigenvalue weighted by atomic mass is 9.99. The summed E-state index contributed by atoms with van der Waals surface area (Å²) >= 11 is 0. The molecule has 222 valence electrons. The highest BCUT2D eigenvalue weighted by molar-refractivity contribution is 6.15. The Morgan fingerprint density at radius 2 is 1.13 bits per heavy atom. The normalized spacial score (nSPS) is 14.6. The van der Waals surface area contributed by atoms with Gasteiger partial charge in [-0.05, 0) is 51.2 Å². The van der Waals surface area contributed by atoms with Crippen LogP contribution in [0.3, 0.4) is 0 Å². The second-order valence-electron chi connectivity index (χ2n) is 11.9. The molecule has 1 aliphatic rings. The molecule has 9 rings (SSSR count). The van der Waals surface area contributed by atoms with E-state index in [0.29, 0.717) is 5.84 Å². The Bertz CT molecular complexity index is 2480. The van der Waals surface area contributed by atoms with E-state index in [1.807, 2.05) is 24.3 Å². The number of aliphatic imine (C=N–C) groups is 2. The van der Waals surface area contributed by atoms with E-state index in [0.717, 1.165) is 55.6 Å². The van der Waals surface area contributed by atoms with E-state index in [9.17, 15) is 0 Å². The summed E-state index contributed by atoms with van der Waals surface area (Å²) in [4.78, 5) is 10.2. The Morgan fingerprint density at radius 3 is 1.94 bits per heavy atom. The number of hydrogen-bond donors (Lipinski definition) is 1. The van der Waals surface area contributed by atoms with Crippen LogP contribution in [0.2, 0.25) is 0 Å². The monoisotopic (exact) mass is 603 g/mol. The molecule has 0 spiro atoms. The van der Waals surface area contributed by atoms with Gasteiger partial charge in [-0.2, -0.15) is 0 Å². The molecule has 1 atom stereocenters. The Hall–Kier alpha value is -6.26. The fourth-order valence-electron chi connectivity index (χ4n) is 6.52. The van der Waals surface area contributed by atoms with E-state index in [1.54, 1.807) is 0 Å². The molecule has 0 fully saturated rings. The summed E-state index contributed by atoms with van der Waals surface area (Å²) < 4.78 is 6.56. The number of hydrogen-bond acceptors (Lipinski definition) is 4. The predicted molar refractivity (Wildman–Crippen MR) is 194 cm³/mol. The van der Waals surface area contributed by atoms with Crippen molar-refractivity contribution >= 4 is 44.4 Å². The molecule has 1 N–H and O–H groups in total. The average Bonchev–Trinajstić information content (AvgIpc) is 3.52. The molecule has 1 aliphatic heterocycles. The number of amidine groups is 2. The van der Waals surface area contributed by atoms with Crippen LogP contribution in [0.15, 0.2) is 178 Å². The Kier molecular flexibility index (Phi) is 6.50. The molecule has 0 aliphatic carbocycles. The quantitative estimate of drug-likeness (QED) is 0.213. The van der Waals surface area contributed by atoms with Gasteiger partial charge in [-0.1, -0.05) is 146 Å². The molecular formula is C43H29N3O. The predicted octanol–water partition coefficient (Wildman–Crippen LogP) is 10.6. The van der Waals surface area contributed by atoms with Crippen molar-refractivity contribution in [1.29, 1.82) is 0 Å². The minimum atomic E-state index is -0.274. The molecule has 0 radical (unpaired) electrons. The van der Waals surface area contributed by atoms with E-state index in [4.69, 9.17) is 14.4 Å². The van der Waals surface area contributed by atoms with Crippen LogP contribution in [0.4, 0.5) is 0 Å². The van der Waals surface area contributed by atoms with E-state index in [1.165, 1.54) is 21.9 Å². The molecule has 8 aromatic rings. The van der Waals surface area contributed by atoms with Crippen LogP contribution in [0.1, 0.15) is 22.9 Å². The number of furan rings is 1. The minimum Gasteiger partial charge on any atom is -0.455 e. The fourth-order valence-corrected chi connectivity index (χ4v) is 6.52. The smallest absolute Gasteiger partial charge is 0.159 e. The van der Waals surface area contributed by atoms with Crippen LogP contribution in [-0.4, -0.2) is 11.7 Å². The van der Waals surface area contributed by atoms with Gasteiger partial charge in [-0.25, -0.2) is 9.98 Å². The number of rotatable bonds is 5. The van der Waals surface area contributed by atoms with Gasteiger partial charge in [-0.15, -0.1) is 0 Å². The molecule has 0 saturated carbocycles. The summed E-state index contributed by atoms with van der Waals surface area (Å²) in [6.07, 6.45) is -0.274. The number of nitrogens with one attached hydrogen (secondary N) is 1. The molecule has 7 aromatic carbocycles. The third kappa shape index (κ3) is 4.97. The van der Waals surface area contributed by atoms with Crippen LogP contribution in [0.5, 0.6) is 0 Å². The first-order valence-corrected chi connectivity index (χ1v) is 15.9. The van der Waals surface area contributed by atoms with Crippen molar-refractivity contribution in [2.24, 2.45) is 9.98 Å². The van der Waals surface area contributed by atoms with Crippen molar-refractivity contribution in [3.63, 3.8) is 0 Å². The van der Waals surface area contributed by atoms with Gasteiger partial charge in [0, 0.05) is 27.5 Å². The zero-order chi connectivity index (χ0) is 31.2. The van der Waals surface area contributed by atoms with Crippen molar-refractivity contribution in [1.82, 2.24) is 5.32 Å². The maximum atomic E-state index is 6.56. The SMILES string of the molecule is c1ccc(-c2ccc(C3=NC(c4cccc(-c5cccc6c5oc5cc7ccccc7cc56)c4)=NC(c4ccccc4)N3)cc2)cc1. The number of para-hydroxylation sites is 1. The van der Waals surface area contributed by atoms with Crippen LogP contribution in [-0.2, 0) is 0 Å². The van der Waals surface area contributed by atoms with Gasteiger partial charge in [0.05, 0.1) is 0 Å². The van der Waals surface area contributed by atoms with E-state index in [-0.39, 0.29) is 6.17 Å². The van der Waals surface area contributed by atoms with E-state index < -0.39 is 0 Å². The molecule has 4 heteroatoms. The van der Waals surface area contributed by atoms with Gasteiger partial charge < -0.3 is 9.73 Å². The van der Waals surface area contributed by atoms with Crippen molar-refractivity contribution in [3.8, 4) is 22.3 Å². The van der Waals surface area contributed by atoms with Crippen LogP contribution >= 0.6 is 0 Å². The van der Waals surface area contributed by atoms with Gasteiger partial charge in [0.25, 0.3) is 0 Å². The van der Waals surface area contributed by atoms with Gasteiger partial charge in [0.1, 0.15) is 23.2 Å². The third-order valence-corrected chi connectivity index (χ3v) is 8.92. The van der Waals surface area contributed by atoms with Gasteiger partial charge in [-0.3, -0.25) is 0 Å². The largest absolute Gasteiger partial charge is 0.455 e. The maximum Gasteiger partial charge on any atom is 0.159 e. The first kappa shape index (κ1) is 27.1. The summed E-state index contributed by atoms with van der Waals surface area (Å²) in [5, 5.41) is 8.20. The zero-order valence-corrected chi connectivity index (χ0v) is 25.5. The molecule has 0 amide bonds. The first-order valence-electron chi connectivity index (χ1n) is 15.9. The van der Waals surface area contributed by atoms with E-state index >= 15 is 0 Å². The maximum absolute atomic E-state index is 6.56. The van der Waals surface area contributed by atoms with Gasteiger partial charge in [0.15, 0.2) is 5.84 Å². The zero-order valence-electron chi connectivity index (χ0n) is 25.5. The first-order chi connectivity index (χ1) is 23.3. The fraction of sp³-hybridized carbons (Fsp3) is 0.0233. The molecule has 0 saturated heterocycles. The van der Waals surface area contributed by atoms with Crippen molar-refractivity contribution in [2.45, 2.75) is 6.17 Å². The third-order valence-electron chi connectivity index (χ3n) is 8.92. The molecule has 1 aromatic heterocycles. The summed E-state index contributed by atoms with van der Waals surface area (Å²) in [5.41, 5.74) is 9.25. The van der Waals surface area contributed by atoms with Crippen molar-refractivity contribution in [2.75, 3.05) is 0 Å². The molecule has 0 bridgehead atoms. The van der Waals surface area contributed by atoms with Crippen LogP contribution in [0, 0.1) is 0 Å². The van der Waals surface area contributed by atoms with Gasteiger partial charge >= 0.3 is 0 Å². The highest BCUT2D eigenvalue weighted by Gasteiger charge is 2.22. The molecule has 2 heterocycles. The molecule has 1 unspecified atom stereocenters. The minimum absolute atomic E-state index is 0.274. The second-order valence-corrected chi connectivity index (χ2v) is 11.9. The topological polar surface area (TPSA) is 49.9 Å². The second kappa shape index (κ2) is 11.3. The Labute approximate surface area is 272 Å². The highest BCUT2D eigenvalue weighted by Crippen LogP contribution is 2.38. The average molecular weight is 604 g/mol. The lowest BCUT2D eigenvalue weighted by molar-refractivity contribution is 0.670. The summed E-state index contributed by atoms with van der Waals surface area (Å²) in [6.45, 7) is 0. The summed E-state index contributed by atoms with van der Waals surface area (Å²) in [5.74, 6) is 1.48. The number of benzene rings is 7. The van der Waals surface area contributed by atoms with Crippen molar-refractivity contribution in [3.05, 3.63) is 180 Å². The van der Waals surface area contributed by atoms with Crippen LogP contribution < -0.4 is 5.32 Å². The summed E-state index contributed by atoms with van der Waals surface area (Å²) in [7, 11) is 0. The lowest BCUT2D eigenvalue weighted by Gasteiger charge is -2.24. The highest BCUT2D eigenvalue weighted by atomic mass is 16.3. The summed E-state index contributed by atoms with van der Waals surface area (Å²) in [6, 6.07) is 56.9. The lowest BCUT2D eigenvalue weighted by Crippen LogP contribution is -2.33. The molecule has 47 heavy (non-hydrogen) atoms. The molecule has 4 nitrogen and oxygen atoms in total. The number of nitrogens with zero attached hydrogens (tertiary/aromatic N) is 2. The Morgan fingerprint density at radius 1 is 0.489 bits per heavy atom. The van der Waals surface area contributed by atoms with Crippen molar-refractivity contribution < 1.29 is 4.42 Å². The molecular weight excluding hydrogens is 574 g/mol. The van der Waals surface area contributed by atoms with Crippen LogP contribution in [0.25, 0.3) is 55.0 Å². The van der Waals surface area contributed by atoms with E-state index in [2.05, 4.69) is 145 Å². The Balaban J connectivity index is 1.13. The van der Waals surface area contributed by atoms with Gasteiger partial charge in [0.2, 0.25) is 0 Å². The number of fused-ring (bicyclic) bond motifs is 4.